The molecule has 5 heteroatoms. The van der Waals surface area contributed by atoms with Crippen molar-refractivity contribution in [2.24, 2.45) is 4.99 Å². The maximum Gasteiger partial charge on any atom is 0.175 e. The fraction of sp³-hybridized carbons (Fsp3) is 0.222. The van der Waals surface area contributed by atoms with Crippen LogP contribution in [0.1, 0.15) is 6.92 Å². The van der Waals surface area contributed by atoms with Gasteiger partial charge in [0.25, 0.3) is 0 Å². The first-order chi connectivity index (χ1) is 6.45. The summed E-state index contributed by atoms with van der Waals surface area (Å²) in [7, 11) is -3.16. The molecule has 0 aromatic heterocycles. The lowest BCUT2D eigenvalue weighted by molar-refractivity contribution is 0.601. The Hall–Kier alpha value is -0.810. The van der Waals surface area contributed by atoms with E-state index in [4.69, 9.17) is 0 Å². The number of rotatable bonds is 2. The highest BCUT2D eigenvalue weighted by atomic mass is 32.2. The highest BCUT2D eigenvalue weighted by Crippen LogP contribution is 2.25. The average molecular weight is 229 g/mol. The standard InChI is InChI=1S/C9H11NO2S2/c1-3-10-8-5-4-7(6-9(8)13)14(2,11)12/h3-6,13H,1-2H3. The third-order valence-electron chi connectivity index (χ3n) is 1.64. The summed E-state index contributed by atoms with van der Waals surface area (Å²) >= 11 is 4.16. The minimum Gasteiger partial charge on any atom is -0.260 e. The summed E-state index contributed by atoms with van der Waals surface area (Å²) in [5, 5.41) is 0. The van der Waals surface area contributed by atoms with Crippen molar-refractivity contribution in [2.75, 3.05) is 6.26 Å². The molecule has 0 unspecified atom stereocenters. The second-order valence-corrected chi connectivity index (χ2v) is 5.31. The zero-order valence-corrected chi connectivity index (χ0v) is 9.64. The van der Waals surface area contributed by atoms with Crippen LogP contribution in [0.2, 0.25) is 0 Å². The van der Waals surface area contributed by atoms with E-state index < -0.39 is 9.84 Å². The van der Waals surface area contributed by atoms with Gasteiger partial charge in [0.2, 0.25) is 0 Å². The van der Waals surface area contributed by atoms with Gasteiger partial charge in [0.1, 0.15) is 0 Å². The van der Waals surface area contributed by atoms with Gasteiger partial charge < -0.3 is 0 Å². The Labute approximate surface area is 89.2 Å². The van der Waals surface area contributed by atoms with Crippen molar-refractivity contribution in [1.82, 2.24) is 0 Å². The summed E-state index contributed by atoms with van der Waals surface area (Å²) in [5.41, 5.74) is 0.670. The lowest BCUT2D eigenvalue weighted by Gasteiger charge is -2.02. The van der Waals surface area contributed by atoms with Gasteiger partial charge in [-0.1, -0.05) is 0 Å². The molecule has 0 atom stereocenters. The van der Waals surface area contributed by atoms with Crippen LogP contribution in [0.4, 0.5) is 5.69 Å². The molecule has 0 heterocycles. The van der Waals surface area contributed by atoms with E-state index in [1.54, 1.807) is 19.2 Å². The first kappa shape index (κ1) is 11.3. The van der Waals surface area contributed by atoms with E-state index in [-0.39, 0.29) is 4.90 Å². The normalized spacial score (nSPS) is 12.2. The van der Waals surface area contributed by atoms with Gasteiger partial charge in [-0.2, -0.15) is 0 Å². The molecule has 0 radical (unpaired) electrons. The Kier molecular flexibility index (Phi) is 3.34. The Morgan fingerprint density at radius 2 is 2.07 bits per heavy atom. The highest BCUT2D eigenvalue weighted by molar-refractivity contribution is 7.90. The van der Waals surface area contributed by atoms with E-state index in [9.17, 15) is 8.42 Å². The smallest absolute Gasteiger partial charge is 0.175 e. The largest absolute Gasteiger partial charge is 0.260 e. The maximum absolute atomic E-state index is 11.2. The van der Waals surface area contributed by atoms with Crippen LogP contribution in [0.25, 0.3) is 0 Å². The molecule has 0 amide bonds. The van der Waals surface area contributed by atoms with Crippen molar-refractivity contribution in [3.63, 3.8) is 0 Å². The first-order valence-electron chi connectivity index (χ1n) is 3.97. The fourth-order valence-corrected chi connectivity index (χ4v) is 1.99. The quantitative estimate of drug-likeness (QED) is 0.623. The van der Waals surface area contributed by atoms with Crippen LogP contribution in [0.15, 0.2) is 33.0 Å². The first-order valence-corrected chi connectivity index (χ1v) is 6.31. The average Bonchev–Trinajstić information content (AvgIpc) is 2.07. The van der Waals surface area contributed by atoms with Crippen LogP contribution in [-0.4, -0.2) is 20.9 Å². The van der Waals surface area contributed by atoms with E-state index in [1.165, 1.54) is 12.1 Å². The number of benzene rings is 1. The molecule has 0 aliphatic heterocycles. The predicted molar refractivity (Wildman–Crippen MR) is 60.6 cm³/mol. The molecule has 0 N–H and O–H groups in total. The Balaban J connectivity index is 3.27. The number of nitrogens with zero attached hydrogens (tertiary/aromatic N) is 1. The summed E-state index contributed by atoms with van der Waals surface area (Å²) in [6, 6.07) is 4.66. The van der Waals surface area contributed by atoms with Gasteiger partial charge >= 0.3 is 0 Å². The Bertz CT molecular complexity index is 464. The second kappa shape index (κ2) is 4.14. The zero-order valence-electron chi connectivity index (χ0n) is 7.93. The highest BCUT2D eigenvalue weighted by Gasteiger charge is 2.08. The van der Waals surface area contributed by atoms with Gasteiger partial charge in [0.05, 0.1) is 10.6 Å². The van der Waals surface area contributed by atoms with Crippen molar-refractivity contribution in [3.8, 4) is 0 Å². The monoisotopic (exact) mass is 229 g/mol. The molecule has 0 fully saturated rings. The number of sulfone groups is 1. The summed E-state index contributed by atoms with van der Waals surface area (Å²) in [4.78, 5) is 4.86. The molecular formula is C9H11NO2S2. The molecule has 0 saturated heterocycles. The number of thiol groups is 1. The van der Waals surface area contributed by atoms with E-state index in [0.717, 1.165) is 6.26 Å². The van der Waals surface area contributed by atoms with Gasteiger partial charge in [-0.3, -0.25) is 4.99 Å². The lowest BCUT2D eigenvalue weighted by Crippen LogP contribution is -1.96. The van der Waals surface area contributed by atoms with Crippen LogP contribution >= 0.6 is 12.6 Å². The van der Waals surface area contributed by atoms with Crippen LogP contribution in [0.3, 0.4) is 0 Å². The van der Waals surface area contributed by atoms with Gasteiger partial charge in [-0.15, -0.1) is 12.6 Å². The van der Waals surface area contributed by atoms with Gasteiger partial charge in [-0.05, 0) is 25.1 Å². The summed E-state index contributed by atoms with van der Waals surface area (Å²) in [5.74, 6) is 0. The van der Waals surface area contributed by atoms with E-state index in [2.05, 4.69) is 17.6 Å². The zero-order chi connectivity index (χ0) is 10.8. The third-order valence-corrected chi connectivity index (χ3v) is 3.11. The number of hydrogen-bond donors (Lipinski definition) is 1. The van der Waals surface area contributed by atoms with E-state index in [0.29, 0.717) is 10.6 Å². The minimum absolute atomic E-state index is 0.262. The molecular weight excluding hydrogens is 218 g/mol. The molecule has 76 valence electrons. The van der Waals surface area contributed by atoms with Crippen LogP contribution < -0.4 is 0 Å². The summed E-state index contributed by atoms with van der Waals surface area (Å²) in [6.45, 7) is 1.79. The number of hydrogen-bond acceptors (Lipinski definition) is 4. The van der Waals surface area contributed by atoms with Crippen molar-refractivity contribution < 1.29 is 8.42 Å². The molecule has 1 aromatic rings. The van der Waals surface area contributed by atoms with Gasteiger partial charge in [-0.25, -0.2) is 8.42 Å². The lowest BCUT2D eigenvalue weighted by atomic mass is 10.3. The predicted octanol–water partition coefficient (Wildman–Crippen LogP) is 2.10. The Morgan fingerprint density at radius 1 is 1.43 bits per heavy atom. The molecule has 1 rings (SSSR count). The summed E-state index contributed by atoms with van der Waals surface area (Å²) in [6.07, 6.45) is 2.80. The van der Waals surface area contributed by atoms with Crippen molar-refractivity contribution in [3.05, 3.63) is 18.2 Å². The molecule has 0 bridgehead atoms. The molecule has 0 aliphatic rings. The van der Waals surface area contributed by atoms with Crippen LogP contribution in [0.5, 0.6) is 0 Å². The topological polar surface area (TPSA) is 46.5 Å². The van der Waals surface area contributed by atoms with Crippen molar-refractivity contribution in [1.29, 1.82) is 0 Å². The SMILES string of the molecule is CC=Nc1ccc(S(C)(=O)=O)cc1S. The molecule has 3 nitrogen and oxygen atoms in total. The summed E-state index contributed by atoms with van der Waals surface area (Å²) < 4.78 is 22.4. The minimum atomic E-state index is -3.16. The van der Waals surface area contributed by atoms with Crippen molar-refractivity contribution >= 4 is 34.4 Å². The molecule has 0 aliphatic carbocycles. The second-order valence-electron chi connectivity index (χ2n) is 2.81. The van der Waals surface area contributed by atoms with E-state index >= 15 is 0 Å². The molecule has 0 spiro atoms. The van der Waals surface area contributed by atoms with Crippen LogP contribution in [0, 0.1) is 0 Å². The number of aliphatic imine (C=N–C) groups is 1. The van der Waals surface area contributed by atoms with Crippen molar-refractivity contribution in [2.45, 2.75) is 16.7 Å². The third kappa shape index (κ3) is 2.59. The Morgan fingerprint density at radius 3 is 2.50 bits per heavy atom. The van der Waals surface area contributed by atoms with E-state index in [1.807, 2.05) is 0 Å². The van der Waals surface area contributed by atoms with Gasteiger partial charge in [0, 0.05) is 17.4 Å². The molecule has 1 aromatic carbocycles. The van der Waals surface area contributed by atoms with Crippen LogP contribution in [-0.2, 0) is 9.84 Å². The molecule has 14 heavy (non-hydrogen) atoms. The van der Waals surface area contributed by atoms with Gasteiger partial charge in [0.15, 0.2) is 9.84 Å². The fourth-order valence-electron chi connectivity index (χ4n) is 0.982. The molecule has 0 saturated carbocycles. The maximum atomic E-state index is 11.2.